The van der Waals surface area contributed by atoms with Gasteiger partial charge in [0.2, 0.25) is 0 Å². The Hall–Kier alpha value is -1.33. The van der Waals surface area contributed by atoms with E-state index in [1.165, 1.54) is 0 Å². The van der Waals surface area contributed by atoms with Crippen LogP contribution in [0.25, 0.3) is 10.4 Å². The third kappa shape index (κ3) is 8.23. The van der Waals surface area contributed by atoms with Gasteiger partial charge in [-0.15, -0.1) is 0 Å². The summed E-state index contributed by atoms with van der Waals surface area (Å²) >= 11 is 0. The predicted molar refractivity (Wildman–Crippen MR) is 135 cm³/mol. The average molecular weight is 615 g/mol. The van der Waals surface area contributed by atoms with Crippen molar-refractivity contribution in [3.63, 3.8) is 0 Å². The summed E-state index contributed by atoms with van der Waals surface area (Å²) in [6.45, 7) is -1.25. The molecule has 0 radical (unpaired) electrons. The highest BCUT2D eigenvalue weighted by molar-refractivity contribution is 4.96. The summed E-state index contributed by atoms with van der Waals surface area (Å²) in [5, 5.41) is 96.1. The molecule has 11 N–H and O–H groups in total. The van der Waals surface area contributed by atoms with Gasteiger partial charge >= 0.3 is 0 Å². The van der Waals surface area contributed by atoms with Crippen LogP contribution in [-0.4, -0.2) is 171 Å². The first-order chi connectivity index (χ1) is 20.1. The van der Waals surface area contributed by atoms with E-state index >= 15 is 0 Å². The summed E-state index contributed by atoms with van der Waals surface area (Å²) < 4.78 is 33.3. The van der Waals surface area contributed by atoms with Gasteiger partial charge in [0.05, 0.1) is 25.9 Å². The van der Waals surface area contributed by atoms with Gasteiger partial charge in [0.15, 0.2) is 18.9 Å². The van der Waals surface area contributed by atoms with Gasteiger partial charge in [-0.2, -0.15) is 0 Å². The zero-order valence-corrected chi connectivity index (χ0v) is 22.7. The summed E-state index contributed by atoms with van der Waals surface area (Å²) in [4.78, 5) is 2.66. The van der Waals surface area contributed by atoms with Crippen molar-refractivity contribution >= 4 is 0 Å². The fourth-order valence-corrected chi connectivity index (χ4v) is 4.92. The molecule has 42 heavy (non-hydrogen) atoms. The normalized spacial score (nSPS) is 44.5. The van der Waals surface area contributed by atoms with Crippen LogP contribution >= 0.6 is 0 Å². The number of aliphatic hydroxyl groups excluding tert-OH is 9. The summed E-state index contributed by atoms with van der Waals surface area (Å²) in [6, 6.07) is 0. The number of aliphatic hydroxyl groups is 9. The van der Waals surface area contributed by atoms with Gasteiger partial charge in [-0.1, -0.05) is 5.11 Å². The van der Waals surface area contributed by atoms with Crippen molar-refractivity contribution in [1.82, 2.24) is 0 Å². The van der Waals surface area contributed by atoms with Gasteiger partial charge < -0.3 is 80.1 Å². The van der Waals surface area contributed by atoms with E-state index in [4.69, 9.17) is 39.7 Å². The lowest BCUT2D eigenvalue weighted by atomic mass is 9.96. The van der Waals surface area contributed by atoms with Gasteiger partial charge in [-0.25, -0.2) is 0 Å². The van der Waals surface area contributed by atoms with E-state index in [0.717, 1.165) is 12.8 Å². The minimum absolute atomic E-state index is 0.179. The third-order valence-corrected chi connectivity index (χ3v) is 7.35. The second-order valence-corrected chi connectivity index (χ2v) is 10.3. The Morgan fingerprint density at radius 3 is 1.74 bits per heavy atom. The van der Waals surface area contributed by atoms with E-state index < -0.39 is 105 Å². The molecule has 3 fully saturated rings. The topological polar surface area (TPSA) is 312 Å². The molecule has 19 heteroatoms. The highest BCUT2D eigenvalue weighted by Crippen LogP contribution is 2.32. The highest BCUT2D eigenvalue weighted by atomic mass is 16.8. The molecule has 244 valence electrons. The number of nitrogens with two attached hydrogens (primary N) is 1. The molecule has 3 aliphatic heterocycles. The molecule has 15 atom stereocenters. The van der Waals surface area contributed by atoms with Crippen LogP contribution in [0.15, 0.2) is 5.11 Å². The molecule has 0 amide bonds. The van der Waals surface area contributed by atoms with Crippen molar-refractivity contribution in [2.75, 3.05) is 32.9 Å². The van der Waals surface area contributed by atoms with E-state index in [1.807, 2.05) is 0 Å². The summed E-state index contributed by atoms with van der Waals surface area (Å²) in [5.41, 5.74) is 14.3. The van der Waals surface area contributed by atoms with Gasteiger partial charge in [-0.3, -0.25) is 0 Å². The van der Waals surface area contributed by atoms with E-state index in [0.29, 0.717) is 13.0 Å². The maximum Gasteiger partial charge on any atom is 0.187 e. The van der Waals surface area contributed by atoms with E-state index in [-0.39, 0.29) is 13.2 Å². The molecule has 0 aromatic carbocycles. The van der Waals surface area contributed by atoms with Crippen molar-refractivity contribution in [2.24, 2.45) is 10.8 Å². The number of ether oxygens (including phenoxy) is 6. The molecule has 3 heterocycles. The standard InChI is InChI=1S/C23H42N4O15/c24-4-2-1-3-5-37-21-17(35)14(32)19(9(38-21)6-26-27-25)41-23-18(36)15(33)20(11(8-29)40-23)42-22-16(34)13(31)12(30)10(7-28)39-22/h9-23,28-36H,1-8,24H2/t9-,10-,11-,12+,13+,14-,15-,16-,17-,18-,19-,20+,21-,22-,23+/m1/s1. The van der Waals surface area contributed by atoms with Crippen molar-refractivity contribution < 1.29 is 74.4 Å². The molecule has 0 aliphatic carbocycles. The monoisotopic (exact) mass is 614 g/mol. The molecule has 19 nitrogen and oxygen atoms in total. The molecule has 0 aromatic rings. The number of hydrogen-bond donors (Lipinski definition) is 10. The van der Waals surface area contributed by atoms with Gasteiger partial charge in [0, 0.05) is 11.5 Å². The Bertz CT molecular complexity index is 855. The van der Waals surface area contributed by atoms with Gasteiger partial charge in [0.25, 0.3) is 0 Å². The van der Waals surface area contributed by atoms with E-state index in [1.54, 1.807) is 0 Å². The first kappa shape index (κ1) is 35.2. The maximum atomic E-state index is 10.8. The first-order valence-electron chi connectivity index (χ1n) is 13.7. The maximum absolute atomic E-state index is 10.8. The third-order valence-electron chi connectivity index (χ3n) is 7.35. The highest BCUT2D eigenvalue weighted by Gasteiger charge is 2.53. The van der Waals surface area contributed by atoms with Gasteiger partial charge in [0.1, 0.15) is 67.1 Å². The van der Waals surface area contributed by atoms with Crippen LogP contribution in [0.4, 0.5) is 0 Å². The lowest BCUT2D eigenvalue weighted by Crippen LogP contribution is -2.66. The first-order valence-corrected chi connectivity index (χ1v) is 13.7. The zero-order chi connectivity index (χ0) is 31.0. The lowest BCUT2D eigenvalue weighted by Gasteiger charge is -2.48. The molecule has 3 rings (SSSR count). The molecule has 0 saturated carbocycles. The molecule has 0 aromatic heterocycles. The van der Waals surface area contributed by atoms with E-state index in [9.17, 15) is 46.0 Å². The van der Waals surface area contributed by atoms with Crippen LogP contribution in [-0.2, 0) is 28.4 Å². The fourth-order valence-electron chi connectivity index (χ4n) is 4.92. The van der Waals surface area contributed by atoms with Gasteiger partial charge in [-0.05, 0) is 31.3 Å². The number of nitrogens with zero attached hydrogens (tertiary/aromatic N) is 3. The second-order valence-electron chi connectivity index (χ2n) is 10.3. The minimum atomic E-state index is -1.91. The largest absolute Gasteiger partial charge is 0.394 e. The smallest absolute Gasteiger partial charge is 0.187 e. The number of rotatable bonds is 14. The van der Waals surface area contributed by atoms with Crippen molar-refractivity contribution in [1.29, 1.82) is 0 Å². The summed E-state index contributed by atoms with van der Waals surface area (Å²) in [5.74, 6) is 0. The molecule has 0 bridgehead atoms. The van der Waals surface area contributed by atoms with Crippen LogP contribution in [0, 0.1) is 0 Å². The summed E-state index contributed by atoms with van der Waals surface area (Å²) in [7, 11) is 0. The molecule has 3 saturated heterocycles. The van der Waals surface area contributed by atoms with Crippen molar-refractivity contribution in [3.8, 4) is 0 Å². The van der Waals surface area contributed by atoms with Crippen LogP contribution in [0.2, 0.25) is 0 Å². The molecular weight excluding hydrogens is 572 g/mol. The van der Waals surface area contributed by atoms with E-state index in [2.05, 4.69) is 10.0 Å². The Morgan fingerprint density at radius 2 is 1.17 bits per heavy atom. The predicted octanol–water partition coefficient (Wildman–Crippen LogP) is -5.10. The molecular formula is C23H42N4O15. The van der Waals surface area contributed by atoms with Crippen molar-refractivity contribution in [3.05, 3.63) is 10.4 Å². The molecule has 0 spiro atoms. The molecule has 3 aliphatic rings. The Morgan fingerprint density at radius 1 is 0.643 bits per heavy atom. The van der Waals surface area contributed by atoms with Crippen LogP contribution in [0.5, 0.6) is 0 Å². The quantitative estimate of drug-likeness (QED) is 0.0378. The number of unbranched alkanes of at least 4 members (excludes halogenated alkanes) is 2. The Labute approximate surface area is 240 Å². The minimum Gasteiger partial charge on any atom is -0.394 e. The Kier molecular flexibility index (Phi) is 13.9. The van der Waals surface area contributed by atoms with Crippen LogP contribution in [0.1, 0.15) is 19.3 Å². The Balaban J connectivity index is 1.69. The fraction of sp³-hybridized carbons (Fsp3) is 1.00. The number of azide groups is 1. The number of hydrogen-bond acceptors (Lipinski definition) is 17. The SMILES string of the molecule is [N-]=[N+]=NC[C@H]1O[C@@H](OCCCCCN)[C@H](O)[C@@H](O)[C@@H]1O[C@@H]1O[C@H](CO)[C@H](O[C@H]2O[C@H](CO)[C@H](O)[C@H](O)[C@H]2O)[C@H](O)[C@H]1O. The molecule has 0 unspecified atom stereocenters. The lowest BCUT2D eigenvalue weighted by molar-refractivity contribution is -0.377. The summed E-state index contributed by atoms with van der Waals surface area (Å²) in [6.07, 6.45) is -22.1. The van der Waals surface area contributed by atoms with Crippen LogP contribution in [0.3, 0.4) is 0 Å². The average Bonchev–Trinajstić information content (AvgIpc) is 2.99. The van der Waals surface area contributed by atoms with Crippen molar-refractivity contribution in [2.45, 2.75) is 111 Å². The zero-order valence-electron chi connectivity index (χ0n) is 22.7. The second kappa shape index (κ2) is 16.7. The van der Waals surface area contributed by atoms with Crippen LogP contribution < -0.4 is 5.73 Å².